The Labute approximate surface area is 235 Å². The van der Waals surface area contributed by atoms with E-state index in [9.17, 15) is 14.0 Å². The lowest BCUT2D eigenvalue weighted by Gasteiger charge is -2.36. The third-order valence-corrected chi connectivity index (χ3v) is 7.09. The summed E-state index contributed by atoms with van der Waals surface area (Å²) in [4.78, 5) is 29.2. The van der Waals surface area contributed by atoms with Crippen LogP contribution >= 0.6 is 0 Å². The first-order chi connectivity index (χ1) is 19.4. The number of urea groups is 1. The number of anilines is 1. The van der Waals surface area contributed by atoms with Crippen molar-refractivity contribution >= 4 is 17.6 Å². The SMILES string of the molecule is CCC(CC)CN1CCN(C(=O)Nc2cc(Oc3ccc(F)cc3)cc(Oc3ccc(C(=O)NC)cc3)c2)CC1. The highest BCUT2D eigenvalue weighted by Crippen LogP contribution is 2.33. The van der Waals surface area contributed by atoms with Gasteiger partial charge in [-0.25, -0.2) is 9.18 Å². The van der Waals surface area contributed by atoms with Crippen LogP contribution in [0, 0.1) is 11.7 Å². The predicted molar refractivity (Wildman–Crippen MR) is 154 cm³/mol. The van der Waals surface area contributed by atoms with Gasteiger partial charge in [-0.05, 0) is 54.4 Å². The van der Waals surface area contributed by atoms with E-state index >= 15 is 0 Å². The summed E-state index contributed by atoms with van der Waals surface area (Å²) in [6.07, 6.45) is 2.33. The molecule has 8 nitrogen and oxygen atoms in total. The number of nitrogens with zero attached hydrogens (tertiary/aromatic N) is 2. The summed E-state index contributed by atoms with van der Waals surface area (Å²) >= 11 is 0. The normalized spacial score (nSPS) is 13.7. The van der Waals surface area contributed by atoms with E-state index in [0.29, 0.717) is 53.3 Å². The van der Waals surface area contributed by atoms with E-state index in [1.807, 2.05) is 4.90 Å². The van der Waals surface area contributed by atoms with Crippen molar-refractivity contribution in [2.45, 2.75) is 26.7 Å². The second kappa shape index (κ2) is 13.8. The lowest BCUT2D eigenvalue weighted by atomic mass is 10.0. The highest BCUT2D eigenvalue weighted by molar-refractivity contribution is 5.94. The molecule has 0 saturated carbocycles. The molecular weight excluding hydrogens is 511 g/mol. The third-order valence-electron chi connectivity index (χ3n) is 7.09. The molecule has 1 aliphatic rings. The Bertz CT molecular complexity index is 1270. The zero-order chi connectivity index (χ0) is 28.5. The van der Waals surface area contributed by atoms with Crippen LogP contribution in [0.5, 0.6) is 23.0 Å². The average Bonchev–Trinajstić information content (AvgIpc) is 2.97. The molecule has 4 rings (SSSR count). The Balaban J connectivity index is 1.48. The molecule has 9 heteroatoms. The Morgan fingerprint density at radius 2 is 1.38 bits per heavy atom. The maximum atomic E-state index is 13.4. The second-order valence-corrected chi connectivity index (χ2v) is 9.85. The number of piperazine rings is 1. The van der Waals surface area contributed by atoms with Crippen LogP contribution in [0.3, 0.4) is 0 Å². The van der Waals surface area contributed by atoms with Crippen molar-refractivity contribution in [2.24, 2.45) is 5.92 Å². The molecule has 0 atom stereocenters. The van der Waals surface area contributed by atoms with Gasteiger partial charge in [0, 0.05) is 69.2 Å². The highest BCUT2D eigenvalue weighted by atomic mass is 19.1. The fraction of sp³-hybridized carbons (Fsp3) is 0.355. The second-order valence-electron chi connectivity index (χ2n) is 9.85. The summed E-state index contributed by atoms with van der Waals surface area (Å²) in [5.41, 5.74) is 1.01. The van der Waals surface area contributed by atoms with Crippen LogP contribution in [0.25, 0.3) is 0 Å². The van der Waals surface area contributed by atoms with Gasteiger partial charge in [0.15, 0.2) is 0 Å². The van der Waals surface area contributed by atoms with Crippen molar-refractivity contribution in [3.05, 3.63) is 78.1 Å². The van der Waals surface area contributed by atoms with Crippen molar-refractivity contribution < 1.29 is 23.5 Å². The third kappa shape index (κ3) is 7.95. The molecule has 0 aromatic heterocycles. The number of carbonyl (C=O) groups is 2. The molecule has 0 spiro atoms. The average molecular weight is 549 g/mol. The van der Waals surface area contributed by atoms with Gasteiger partial charge in [-0.2, -0.15) is 0 Å². The van der Waals surface area contributed by atoms with E-state index in [0.717, 1.165) is 32.5 Å². The van der Waals surface area contributed by atoms with Gasteiger partial charge in [-0.1, -0.05) is 26.7 Å². The van der Waals surface area contributed by atoms with Crippen molar-refractivity contribution in [2.75, 3.05) is 45.1 Å². The molecule has 1 heterocycles. The van der Waals surface area contributed by atoms with Gasteiger partial charge >= 0.3 is 6.03 Å². The van der Waals surface area contributed by atoms with Gasteiger partial charge < -0.3 is 25.0 Å². The first-order valence-corrected chi connectivity index (χ1v) is 13.7. The van der Waals surface area contributed by atoms with Crippen LogP contribution in [0.4, 0.5) is 14.9 Å². The number of carbonyl (C=O) groups excluding carboxylic acids is 2. The summed E-state index contributed by atoms with van der Waals surface area (Å²) in [5, 5.41) is 5.56. The molecule has 1 aliphatic heterocycles. The van der Waals surface area contributed by atoms with Gasteiger partial charge in [0.1, 0.15) is 28.8 Å². The van der Waals surface area contributed by atoms with Crippen LogP contribution in [-0.2, 0) is 0 Å². The first-order valence-electron chi connectivity index (χ1n) is 13.7. The van der Waals surface area contributed by atoms with E-state index < -0.39 is 0 Å². The zero-order valence-corrected chi connectivity index (χ0v) is 23.3. The van der Waals surface area contributed by atoms with Crippen LogP contribution in [0.2, 0.25) is 0 Å². The molecular formula is C31H37FN4O4. The molecule has 3 aromatic rings. The van der Waals surface area contributed by atoms with Crippen molar-refractivity contribution in [1.82, 2.24) is 15.1 Å². The number of benzene rings is 3. The summed E-state index contributed by atoms with van der Waals surface area (Å²) < 4.78 is 25.4. The smallest absolute Gasteiger partial charge is 0.321 e. The lowest BCUT2D eigenvalue weighted by molar-refractivity contribution is 0.0963. The minimum atomic E-state index is -0.363. The van der Waals surface area contributed by atoms with Gasteiger partial charge in [-0.3, -0.25) is 9.69 Å². The van der Waals surface area contributed by atoms with Gasteiger partial charge in [-0.15, -0.1) is 0 Å². The minimum absolute atomic E-state index is 0.192. The van der Waals surface area contributed by atoms with Gasteiger partial charge in [0.2, 0.25) is 0 Å². The Hall–Kier alpha value is -4.11. The Kier molecular flexibility index (Phi) is 9.96. The van der Waals surface area contributed by atoms with Crippen molar-refractivity contribution in [3.63, 3.8) is 0 Å². The van der Waals surface area contributed by atoms with Crippen LogP contribution in [0.15, 0.2) is 66.7 Å². The van der Waals surface area contributed by atoms with Crippen molar-refractivity contribution in [1.29, 1.82) is 0 Å². The molecule has 0 radical (unpaired) electrons. The minimum Gasteiger partial charge on any atom is -0.457 e. The summed E-state index contributed by atoms with van der Waals surface area (Å²) in [6.45, 7) is 8.51. The van der Waals surface area contributed by atoms with E-state index in [1.165, 1.54) is 24.3 Å². The quantitative estimate of drug-likeness (QED) is 0.308. The number of ether oxygens (including phenoxy) is 2. The number of hydrogen-bond acceptors (Lipinski definition) is 5. The molecule has 40 heavy (non-hydrogen) atoms. The molecule has 1 saturated heterocycles. The first kappa shape index (κ1) is 28.9. The standard InChI is InChI=1S/C31H37FN4O4/c1-4-22(5-2)21-35-14-16-36(17-15-35)31(38)34-25-18-28(39-26-10-6-23(7-11-26)30(37)33-3)20-29(19-25)40-27-12-8-24(32)9-13-27/h6-13,18-20,22H,4-5,14-17,21H2,1-3H3,(H,33,37)(H,34,38). The lowest BCUT2D eigenvalue weighted by Crippen LogP contribution is -2.50. The molecule has 2 N–H and O–H groups in total. The van der Waals surface area contributed by atoms with E-state index in [1.54, 1.807) is 49.5 Å². The molecule has 3 aromatic carbocycles. The van der Waals surface area contributed by atoms with Crippen molar-refractivity contribution in [3.8, 4) is 23.0 Å². The fourth-order valence-corrected chi connectivity index (χ4v) is 4.60. The summed E-state index contributed by atoms with van der Waals surface area (Å²) in [5.74, 6) is 1.92. The number of amides is 3. The Morgan fingerprint density at radius 1 is 0.825 bits per heavy atom. The van der Waals surface area contributed by atoms with Gasteiger partial charge in [0.25, 0.3) is 5.91 Å². The number of nitrogens with one attached hydrogen (secondary N) is 2. The fourth-order valence-electron chi connectivity index (χ4n) is 4.60. The summed E-state index contributed by atoms with van der Waals surface area (Å²) in [7, 11) is 1.57. The van der Waals surface area contributed by atoms with Crippen LogP contribution in [0.1, 0.15) is 37.0 Å². The number of hydrogen-bond donors (Lipinski definition) is 2. The molecule has 0 bridgehead atoms. The molecule has 0 aliphatic carbocycles. The molecule has 0 unspecified atom stereocenters. The predicted octanol–water partition coefficient (Wildman–Crippen LogP) is 6.36. The molecule has 212 valence electrons. The molecule has 1 fully saturated rings. The van der Waals surface area contributed by atoms with Crippen LogP contribution in [-0.4, -0.2) is 61.5 Å². The van der Waals surface area contributed by atoms with E-state index in [4.69, 9.17) is 9.47 Å². The monoisotopic (exact) mass is 548 g/mol. The molecule has 3 amide bonds. The maximum Gasteiger partial charge on any atom is 0.321 e. The summed E-state index contributed by atoms with van der Waals surface area (Å²) in [6, 6.07) is 17.3. The topological polar surface area (TPSA) is 83.1 Å². The highest BCUT2D eigenvalue weighted by Gasteiger charge is 2.23. The number of halogens is 1. The largest absolute Gasteiger partial charge is 0.457 e. The maximum absolute atomic E-state index is 13.4. The number of rotatable bonds is 10. The zero-order valence-electron chi connectivity index (χ0n) is 23.3. The van der Waals surface area contributed by atoms with Crippen LogP contribution < -0.4 is 20.1 Å². The Morgan fingerprint density at radius 3 is 1.90 bits per heavy atom. The van der Waals surface area contributed by atoms with Gasteiger partial charge in [0.05, 0.1) is 0 Å². The van der Waals surface area contributed by atoms with E-state index in [-0.39, 0.29) is 17.8 Å². The van der Waals surface area contributed by atoms with E-state index in [2.05, 4.69) is 29.4 Å².